The van der Waals surface area contributed by atoms with Crippen molar-refractivity contribution in [3.63, 3.8) is 0 Å². The first kappa shape index (κ1) is 20.6. The molecule has 0 saturated carbocycles. The number of carbonyl (C=O) groups excluding carboxylic acids is 1. The molecule has 9 nitrogen and oxygen atoms in total. The summed E-state index contributed by atoms with van der Waals surface area (Å²) in [5.74, 6) is 3.08. The second-order valence-electron chi connectivity index (χ2n) is 7.55. The van der Waals surface area contributed by atoms with Gasteiger partial charge in [0.1, 0.15) is 29.5 Å². The Bertz CT molecular complexity index is 1090. The van der Waals surface area contributed by atoms with Gasteiger partial charge in [0.05, 0.1) is 12.8 Å². The molecule has 0 aliphatic carbocycles. The van der Waals surface area contributed by atoms with Crippen LogP contribution in [-0.4, -0.2) is 63.7 Å². The molecular weight excluding hydrogens is 394 g/mol. The van der Waals surface area contributed by atoms with Gasteiger partial charge in [-0.3, -0.25) is 4.57 Å². The van der Waals surface area contributed by atoms with Crippen LogP contribution in [0.2, 0.25) is 0 Å². The molecule has 162 valence electrons. The number of ether oxygens (including phenoxy) is 1. The zero-order valence-electron chi connectivity index (χ0n) is 18.3. The van der Waals surface area contributed by atoms with Crippen LogP contribution in [0.5, 0.6) is 5.75 Å². The van der Waals surface area contributed by atoms with Gasteiger partial charge in [-0.1, -0.05) is 6.07 Å². The van der Waals surface area contributed by atoms with Crippen LogP contribution < -0.4 is 15.0 Å². The summed E-state index contributed by atoms with van der Waals surface area (Å²) < 4.78 is 7.19. The third-order valence-corrected chi connectivity index (χ3v) is 5.52. The molecule has 2 aromatic heterocycles. The summed E-state index contributed by atoms with van der Waals surface area (Å²) in [5, 5.41) is 2.94. The maximum absolute atomic E-state index is 12.7. The van der Waals surface area contributed by atoms with E-state index in [4.69, 9.17) is 4.74 Å². The number of aryl methyl sites for hydroxylation is 2. The largest absolute Gasteiger partial charge is 0.497 e. The van der Waals surface area contributed by atoms with Crippen LogP contribution in [0.4, 0.5) is 16.3 Å². The lowest BCUT2D eigenvalue weighted by Gasteiger charge is -2.35. The van der Waals surface area contributed by atoms with Crippen LogP contribution in [0.1, 0.15) is 17.2 Å². The molecule has 3 aromatic rings. The number of methoxy groups -OCH3 is 1. The highest BCUT2D eigenvalue weighted by Gasteiger charge is 2.23. The van der Waals surface area contributed by atoms with Gasteiger partial charge >= 0.3 is 6.03 Å². The Morgan fingerprint density at radius 1 is 1.03 bits per heavy atom. The van der Waals surface area contributed by atoms with Crippen LogP contribution in [0, 0.1) is 20.8 Å². The number of rotatable bonds is 4. The first-order valence-corrected chi connectivity index (χ1v) is 10.3. The maximum Gasteiger partial charge on any atom is 0.321 e. The molecule has 3 heterocycles. The predicted molar refractivity (Wildman–Crippen MR) is 119 cm³/mol. The van der Waals surface area contributed by atoms with Gasteiger partial charge < -0.3 is 19.9 Å². The maximum atomic E-state index is 12.7. The van der Waals surface area contributed by atoms with Crippen molar-refractivity contribution in [2.24, 2.45) is 0 Å². The van der Waals surface area contributed by atoms with E-state index in [2.05, 4.69) is 25.2 Å². The van der Waals surface area contributed by atoms with Gasteiger partial charge in [0.15, 0.2) is 0 Å². The van der Waals surface area contributed by atoms with Gasteiger partial charge in [-0.05, 0) is 32.9 Å². The smallest absolute Gasteiger partial charge is 0.321 e. The molecule has 1 N–H and O–H groups in total. The summed E-state index contributed by atoms with van der Waals surface area (Å²) in [4.78, 5) is 30.2. The second kappa shape index (κ2) is 8.63. The highest BCUT2D eigenvalue weighted by Crippen LogP contribution is 2.21. The van der Waals surface area contributed by atoms with E-state index in [1.54, 1.807) is 19.5 Å². The van der Waals surface area contributed by atoms with Crippen LogP contribution >= 0.6 is 0 Å². The van der Waals surface area contributed by atoms with Gasteiger partial charge in [-0.2, -0.15) is 0 Å². The minimum absolute atomic E-state index is 0.114. The predicted octanol–water partition coefficient (Wildman–Crippen LogP) is 2.95. The van der Waals surface area contributed by atoms with Crippen molar-refractivity contribution in [2.45, 2.75) is 20.8 Å². The number of amides is 2. The molecule has 1 aliphatic rings. The van der Waals surface area contributed by atoms with E-state index in [1.807, 2.05) is 54.5 Å². The van der Waals surface area contributed by atoms with E-state index >= 15 is 0 Å². The van der Waals surface area contributed by atoms with E-state index in [0.717, 1.165) is 23.0 Å². The summed E-state index contributed by atoms with van der Waals surface area (Å²) in [6.45, 7) is 8.52. The second-order valence-corrected chi connectivity index (χ2v) is 7.55. The van der Waals surface area contributed by atoms with Crippen molar-refractivity contribution in [1.29, 1.82) is 0 Å². The van der Waals surface area contributed by atoms with Gasteiger partial charge in [0.2, 0.25) is 0 Å². The van der Waals surface area contributed by atoms with Crippen LogP contribution in [-0.2, 0) is 0 Å². The molecule has 31 heavy (non-hydrogen) atoms. The van der Waals surface area contributed by atoms with E-state index in [0.29, 0.717) is 43.4 Å². The van der Waals surface area contributed by atoms with Crippen molar-refractivity contribution < 1.29 is 9.53 Å². The van der Waals surface area contributed by atoms with Crippen LogP contribution in [0.15, 0.2) is 36.7 Å². The molecule has 1 aromatic carbocycles. The number of nitrogens with zero attached hydrogens (tertiary/aromatic N) is 6. The number of carbonyl (C=O) groups is 1. The van der Waals surface area contributed by atoms with Gasteiger partial charge in [-0.25, -0.2) is 19.7 Å². The molecule has 0 unspecified atom stereocenters. The van der Waals surface area contributed by atoms with Gasteiger partial charge in [-0.15, -0.1) is 0 Å². The number of nitrogens with one attached hydrogen (secondary N) is 1. The SMILES string of the molecule is COc1cccc(NC(=O)N2CCN(c3cc(-n4cnc(C)c4C)nc(C)n3)CC2)c1. The lowest BCUT2D eigenvalue weighted by Crippen LogP contribution is -2.50. The topological polar surface area (TPSA) is 88.4 Å². The average molecular weight is 422 g/mol. The van der Waals surface area contributed by atoms with E-state index in [-0.39, 0.29) is 6.03 Å². The molecular formula is C22H27N7O2. The molecule has 1 aliphatic heterocycles. The summed E-state index contributed by atoms with van der Waals surface area (Å²) in [7, 11) is 1.61. The van der Waals surface area contributed by atoms with E-state index in [1.165, 1.54) is 0 Å². The lowest BCUT2D eigenvalue weighted by atomic mass is 10.3. The standard InChI is InChI=1S/C22H27N7O2/c1-15-16(2)29(14-23-15)21-13-20(24-17(3)25-21)27-8-10-28(11-9-27)22(30)26-18-6-5-7-19(12-18)31-4/h5-7,12-14H,8-11H2,1-4H3,(H,26,30). The first-order chi connectivity index (χ1) is 14.9. The number of hydrogen-bond donors (Lipinski definition) is 1. The van der Waals surface area contributed by atoms with Crippen LogP contribution in [0.3, 0.4) is 0 Å². The molecule has 1 fully saturated rings. The average Bonchev–Trinajstić information content (AvgIpc) is 3.12. The Morgan fingerprint density at radius 2 is 1.77 bits per heavy atom. The number of anilines is 2. The summed E-state index contributed by atoms with van der Waals surface area (Å²) in [6, 6.07) is 9.22. The zero-order chi connectivity index (χ0) is 22.0. The van der Waals surface area contributed by atoms with Gasteiger partial charge in [0, 0.05) is 49.7 Å². The molecule has 9 heteroatoms. The molecule has 2 amide bonds. The van der Waals surface area contributed by atoms with Crippen molar-refractivity contribution in [3.8, 4) is 11.6 Å². The van der Waals surface area contributed by atoms with E-state index < -0.39 is 0 Å². The Kier molecular flexibility index (Phi) is 5.75. The third kappa shape index (κ3) is 4.45. The summed E-state index contributed by atoms with van der Waals surface area (Å²) in [6.07, 6.45) is 1.79. The minimum Gasteiger partial charge on any atom is -0.497 e. The van der Waals surface area contributed by atoms with Crippen molar-refractivity contribution in [3.05, 3.63) is 53.9 Å². The normalized spacial score (nSPS) is 13.9. The fourth-order valence-electron chi connectivity index (χ4n) is 3.59. The van der Waals surface area contributed by atoms with Crippen molar-refractivity contribution >= 4 is 17.5 Å². The molecule has 0 radical (unpaired) electrons. The molecule has 0 atom stereocenters. The Labute approximate surface area is 181 Å². The van der Waals surface area contributed by atoms with Crippen molar-refractivity contribution in [2.75, 3.05) is 43.5 Å². The molecule has 0 spiro atoms. The first-order valence-electron chi connectivity index (χ1n) is 10.3. The number of aromatic nitrogens is 4. The summed E-state index contributed by atoms with van der Waals surface area (Å²) >= 11 is 0. The van der Waals surface area contributed by atoms with Crippen LogP contribution in [0.25, 0.3) is 5.82 Å². The molecule has 0 bridgehead atoms. The Balaban J connectivity index is 1.42. The molecule has 4 rings (SSSR count). The minimum atomic E-state index is -0.114. The number of urea groups is 1. The summed E-state index contributed by atoms with van der Waals surface area (Å²) in [5.41, 5.74) is 2.76. The highest BCUT2D eigenvalue weighted by atomic mass is 16.5. The van der Waals surface area contributed by atoms with E-state index in [9.17, 15) is 4.79 Å². The monoisotopic (exact) mass is 421 g/mol. The number of benzene rings is 1. The lowest BCUT2D eigenvalue weighted by molar-refractivity contribution is 0.208. The third-order valence-electron chi connectivity index (χ3n) is 5.52. The Morgan fingerprint density at radius 3 is 2.45 bits per heavy atom. The van der Waals surface area contributed by atoms with Gasteiger partial charge in [0.25, 0.3) is 0 Å². The number of hydrogen-bond acceptors (Lipinski definition) is 6. The fourth-order valence-corrected chi connectivity index (χ4v) is 3.59. The zero-order valence-corrected chi connectivity index (χ0v) is 18.3. The number of imidazole rings is 1. The Hall–Kier alpha value is -3.62. The number of piperazine rings is 1. The quantitative estimate of drug-likeness (QED) is 0.697. The fraction of sp³-hybridized carbons (Fsp3) is 0.364. The highest BCUT2D eigenvalue weighted by molar-refractivity contribution is 5.89. The van der Waals surface area contributed by atoms with Crippen molar-refractivity contribution in [1.82, 2.24) is 24.4 Å². The molecule has 1 saturated heterocycles.